The van der Waals surface area contributed by atoms with E-state index in [1.807, 2.05) is 24.3 Å². The van der Waals surface area contributed by atoms with Crippen molar-refractivity contribution in [2.45, 2.75) is 57.9 Å². The van der Waals surface area contributed by atoms with Crippen LogP contribution in [0.1, 0.15) is 44.7 Å². The Balaban J connectivity index is 1.32. The topological polar surface area (TPSA) is 117 Å². The number of nitrogens with one attached hydrogen (secondary N) is 2. The van der Waals surface area contributed by atoms with Crippen molar-refractivity contribution in [1.82, 2.24) is 10.6 Å². The molecule has 1 aliphatic heterocycles. The molecule has 0 saturated carbocycles. The monoisotopic (exact) mass is 466 g/mol. The lowest BCUT2D eigenvalue weighted by Gasteiger charge is -2.24. The summed E-state index contributed by atoms with van der Waals surface area (Å²) in [4.78, 5) is 36.1. The first-order valence-electron chi connectivity index (χ1n) is 11.4. The third-order valence-corrected chi connectivity index (χ3v) is 6.72. The zero-order chi connectivity index (χ0) is 24.6. The number of carboxylic acid groups (broad SMARTS) is 1. The van der Waals surface area contributed by atoms with Gasteiger partial charge in [0.25, 0.3) is 0 Å². The summed E-state index contributed by atoms with van der Waals surface area (Å²) < 4.78 is 11.3. The largest absolute Gasteiger partial charge is 0.480 e. The Morgan fingerprint density at radius 1 is 1.00 bits per heavy atom. The highest BCUT2D eigenvalue weighted by atomic mass is 16.6. The van der Waals surface area contributed by atoms with Gasteiger partial charge in [-0.25, -0.2) is 4.79 Å². The average molecular weight is 467 g/mol. The van der Waals surface area contributed by atoms with Gasteiger partial charge in [-0.1, -0.05) is 48.5 Å². The van der Waals surface area contributed by atoms with Gasteiger partial charge in [0.15, 0.2) is 0 Å². The fourth-order valence-corrected chi connectivity index (χ4v) is 4.57. The number of aliphatic carboxylic acids is 1. The van der Waals surface area contributed by atoms with E-state index in [2.05, 4.69) is 34.9 Å². The number of benzene rings is 2. The molecule has 2 aliphatic rings. The number of carbonyl (C=O) groups is 3. The maximum absolute atomic E-state index is 12.5. The van der Waals surface area contributed by atoms with Gasteiger partial charge in [-0.05, 0) is 49.9 Å². The molecule has 2 aromatic rings. The van der Waals surface area contributed by atoms with Crippen molar-refractivity contribution >= 4 is 18.0 Å². The van der Waals surface area contributed by atoms with Crippen LogP contribution in [0.5, 0.6) is 0 Å². The zero-order valence-electron chi connectivity index (χ0n) is 19.7. The number of fused-ring (bicyclic) bond motifs is 3. The van der Waals surface area contributed by atoms with Gasteiger partial charge >= 0.3 is 12.1 Å². The predicted octanol–water partition coefficient (Wildman–Crippen LogP) is 3.30. The number of carboxylic acids is 1. The van der Waals surface area contributed by atoms with Crippen molar-refractivity contribution in [3.05, 3.63) is 59.7 Å². The highest BCUT2D eigenvalue weighted by Crippen LogP contribution is 2.44. The lowest BCUT2D eigenvalue weighted by atomic mass is 9.85. The van der Waals surface area contributed by atoms with E-state index < -0.39 is 35.5 Å². The summed E-state index contributed by atoms with van der Waals surface area (Å²) >= 11 is 0. The Morgan fingerprint density at radius 3 is 2.12 bits per heavy atom. The van der Waals surface area contributed by atoms with E-state index in [0.717, 1.165) is 22.3 Å². The summed E-state index contributed by atoms with van der Waals surface area (Å²) in [7, 11) is 0. The summed E-state index contributed by atoms with van der Waals surface area (Å²) in [6, 6.07) is 14.9. The van der Waals surface area contributed by atoms with E-state index in [9.17, 15) is 14.4 Å². The lowest BCUT2D eigenvalue weighted by Crippen LogP contribution is -2.48. The molecule has 4 rings (SSSR count). The molecule has 1 aliphatic carbocycles. The Hall–Kier alpha value is -3.39. The summed E-state index contributed by atoms with van der Waals surface area (Å²) in [6.45, 7) is 6.80. The van der Waals surface area contributed by atoms with E-state index in [4.69, 9.17) is 14.6 Å². The summed E-state index contributed by atoms with van der Waals surface area (Å²) in [6.07, 6.45) is -1.37. The molecule has 2 aromatic carbocycles. The van der Waals surface area contributed by atoms with Gasteiger partial charge in [0.2, 0.25) is 5.91 Å². The molecular weight excluding hydrogens is 436 g/mol. The summed E-state index contributed by atoms with van der Waals surface area (Å²) in [5, 5.41) is 14.3. The number of epoxide rings is 1. The van der Waals surface area contributed by atoms with Gasteiger partial charge in [0, 0.05) is 5.92 Å². The molecule has 1 saturated heterocycles. The smallest absolute Gasteiger partial charge is 0.407 e. The third-order valence-electron chi connectivity index (χ3n) is 6.72. The van der Waals surface area contributed by atoms with E-state index in [0.29, 0.717) is 0 Å². The van der Waals surface area contributed by atoms with Crippen LogP contribution >= 0.6 is 0 Å². The van der Waals surface area contributed by atoms with Crippen LogP contribution < -0.4 is 10.6 Å². The van der Waals surface area contributed by atoms with Gasteiger partial charge in [-0.3, -0.25) is 9.59 Å². The third kappa shape index (κ3) is 4.50. The first-order valence-corrected chi connectivity index (χ1v) is 11.4. The van der Waals surface area contributed by atoms with Crippen LogP contribution in [0.2, 0.25) is 0 Å². The van der Waals surface area contributed by atoms with Crippen LogP contribution in [0.15, 0.2) is 48.5 Å². The van der Waals surface area contributed by atoms with E-state index in [-0.39, 0.29) is 24.7 Å². The van der Waals surface area contributed by atoms with Gasteiger partial charge in [0.05, 0.1) is 11.5 Å². The van der Waals surface area contributed by atoms with Crippen LogP contribution in [0.25, 0.3) is 11.1 Å². The molecule has 34 heavy (non-hydrogen) atoms. The molecule has 0 unspecified atom stereocenters. The second-order valence-electron chi connectivity index (χ2n) is 9.53. The fourth-order valence-electron chi connectivity index (χ4n) is 4.57. The highest BCUT2D eigenvalue weighted by Gasteiger charge is 2.56. The molecule has 4 atom stereocenters. The van der Waals surface area contributed by atoms with Gasteiger partial charge < -0.3 is 25.2 Å². The highest BCUT2D eigenvalue weighted by molar-refractivity contribution is 5.87. The van der Waals surface area contributed by atoms with Crippen LogP contribution in [0.3, 0.4) is 0 Å². The number of ether oxygens (including phenoxy) is 2. The molecule has 2 amide bonds. The zero-order valence-corrected chi connectivity index (χ0v) is 19.7. The maximum Gasteiger partial charge on any atom is 0.407 e. The number of rotatable bonds is 8. The molecule has 0 aromatic heterocycles. The minimum atomic E-state index is -1.11. The molecule has 1 heterocycles. The number of hydrogen-bond donors (Lipinski definition) is 3. The minimum Gasteiger partial charge on any atom is -0.480 e. The van der Waals surface area contributed by atoms with Crippen molar-refractivity contribution in [2.24, 2.45) is 5.41 Å². The van der Waals surface area contributed by atoms with Crippen LogP contribution in [0, 0.1) is 5.41 Å². The minimum absolute atomic E-state index is 0.0303. The van der Waals surface area contributed by atoms with Crippen LogP contribution in [-0.2, 0) is 19.1 Å². The normalized spacial score (nSPS) is 20.5. The maximum atomic E-state index is 12.5. The average Bonchev–Trinajstić information content (AvgIpc) is 3.56. The molecule has 0 radical (unpaired) electrons. The Kier molecular flexibility index (Phi) is 6.36. The Bertz CT molecular complexity index is 1070. The molecule has 8 nitrogen and oxygen atoms in total. The summed E-state index contributed by atoms with van der Waals surface area (Å²) in [5.41, 5.74) is 3.64. The number of alkyl carbamates (subject to hydrolysis) is 1. The first kappa shape index (κ1) is 23.8. The van der Waals surface area contributed by atoms with Gasteiger partial charge in [0.1, 0.15) is 24.9 Å². The Morgan fingerprint density at radius 2 is 1.56 bits per heavy atom. The fraction of sp³-hybridized carbons (Fsp3) is 0.423. The molecular formula is C26H30N2O6. The number of hydrogen-bond acceptors (Lipinski definition) is 5. The van der Waals surface area contributed by atoms with Gasteiger partial charge in [-0.2, -0.15) is 0 Å². The SMILES string of the molecule is C[C@H](NC(=O)C(C)(C)[C@H]1O[C@@H]1[C@H](C)NC(=O)OCC1c2ccccc2-c2ccccc21)C(=O)O. The predicted molar refractivity (Wildman–Crippen MR) is 125 cm³/mol. The number of amides is 2. The molecule has 8 heteroatoms. The molecule has 0 bridgehead atoms. The van der Waals surface area contributed by atoms with Crippen molar-refractivity contribution in [2.75, 3.05) is 6.61 Å². The quantitative estimate of drug-likeness (QED) is 0.514. The van der Waals surface area contributed by atoms with E-state index in [1.54, 1.807) is 20.8 Å². The first-order chi connectivity index (χ1) is 16.1. The second kappa shape index (κ2) is 9.10. The summed E-state index contributed by atoms with van der Waals surface area (Å²) in [5.74, 6) is -1.55. The van der Waals surface area contributed by atoms with Crippen LogP contribution in [0.4, 0.5) is 4.79 Å². The molecule has 1 fully saturated rings. The van der Waals surface area contributed by atoms with E-state index >= 15 is 0 Å². The van der Waals surface area contributed by atoms with Crippen LogP contribution in [-0.4, -0.2) is 54.0 Å². The number of carbonyl (C=O) groups excluding carboxylic acids is 2. The molecule has 0 spiro atoms. The van der Waals surface area contributed by atoms with Crippen molar-refractivity contribution in [1.29, 1.82) is 0 Å². The second-order valence-corrected chi connectivity index (χ2v) is 9.53. The van der Waals surface area contributed by atoms with Crippen molar-refractivity contribution in [3.63, 3.8) is 0 Å². The van der Waals surface area contributed by atoms with Gasteiger partial charge in [-0.15, -0.1) is 0 Å². The van der Waals surface area contributed by atoms with Crippen molar-refractivity contribution in [3.8, 4) is 11.1 Å². The van der Waals surface area contributed by atoms with Crippen molar-refractivity contribution < 1.29 is 29.0 Å². The lowest BCUT2D eigenvalue weighted by molar-refractivity contribution is -0.143. The van der Waals surface area contributed by atoms with E-state index in [1.165, 1.54) is 6.92 Å². The standard InChI is InChI=1S/C26H30N2O6/c1-14(21-22(34-21)26(3,4)24(31)27-15(2)23(29)30)28-25(32)33-13-20-18-11-7-5-9-16(18)17-10-6-8-12-19(17)20/h5-12,14-15,20-22H,13H2,1-4H3,(H,27,31)(H,28,32)(H,29,30)/t14-,15-,21+,22-/m0/s1. The molecule has 180 valence electrons. The Labute approximate surface area is 198 Å². The molecule has 3 N–H and O–H groups in total.